The molecule has 1 aliphatic rings. The van der Waals surface area contributed by atoms with Crippen molar-refractivity contribution in [2.75, 3.05) is 17.2 Å². The number of rotatable bonds is 5. The van der Waals surface area contributed by atoms with E-state index in [1.807, 2.05) is 12.1 Å². The number of hydrogen-bond acceptors (Lipinski definition) is 4. The van der Waals surface area contributed by atoms with Crippen LogP contribution in [-0.2, 0) is 30.5 Å². The van der Waals surface area contributed by atoms with Crippen molar-refractivity contribution in [2.45, 2.75) is 44.3 Å². The molecule has 1 aromatic heterocycles. The number of hydrogen-bond donors (Lipinski definition) is 1. The lowest BCUT2D eigenvalue weighted by Gasteiger charge is -2.34. The average Bonchev–Trinajstić information content (AvgIpc) is 3.00. The van der Waals surface area contributed by atoms with Gasteiger partial charge >= 0.3 is 18.3 Å². The summed E-state index contributed by atoms with van der Waals surface area (Å²) >= 11 is 0. The Morgan fingerprint density at radius 1 is 1.03 bits per heavy atom. The Morgan fingerprint density at radius 2 is 1.74 bits per heavy atom. The van der Waals surface area contributed by atoms with E-state index in [-0.39, 0.29) is 30.0 Å². The van der Waals surface area contributed by atoms with Crippen LogP contribution >= 0.6 is 0 Å². The highest BCUT2D eigenvalue weighted by Crippen LogP contribution is 2.40. The minimum absolute atomic E-state index is 0.0139. The van der Waals surface area contributed by atoms with E-state index in [4.69, 9.17) is 5.73 Å². The predicted octanol–water partition coefficient (Wildman–Crippen LogP) is 5.73. The van der Waals surface area contributed by atoms with Crippen LogP contribution in [0.15, 0.2) is 60.8 Å². The van der Waals surface area contributed by atoms with E-state index in [0.29, 0.717) is 11.3 Å². The number of anilines is 2. The molecule has 0 saturated carbocycles. The SMILES string of the molecule is Nc1cc(CN2c3cccc(C(F)(F)F)c3CN(C(=O)C(F)(F)F)C[C@H]2CCc2ccccc2)ncc1F. The van der Waals surface area contributed by atoms with Crippen LogP contribution in [-0.4, -0.2) is 34.6 Å². The lowest BCUT2D eigenvalue weighted by Crippen LogP contribution is -2.47. The second kappa shape index (κ2) is 10.5. The summed E-state index contributed by atoms with van der Waals surface area (Å²) in [4.78, 5) is 18.2. The quantitative estimate of drug-likeness (QED) is 0.420. The zero-order valence-corrected chi connectivity index (χ0v) is 19.9. The number of fused-ring (bicyclic) bond motifs is 1. The maximum absolute atomic E-state index is 14.0. The number of nitrogens with two attached hydrogens (primary N) is 1. The molecule has 0 fully saturated rings. The normalized spacial score (nSPS) is 16.2. The molecule has 3 aromatic rings. The molecule has 4 rings (SSSR count). The fourth-order valence-corrected chi connectivity index (χ4v) is 4.61. The first kappa shape index (κ1) is 27.2. The molecule has 1 atom stereocenters. The number of nitrogens with zero attached hydrogens (tertiary/aromatic N) is 3. The van der Waals surface area contributed by atoms with Gasteiger partial charge < -0.3 is 15.5 Å². The molecular formula is C26H23F7N4O. The van der Waals surface area contributed by atoms with Crippen molar-refractivity contribution < 1.29 is 35.5 Å². The molecule has 0 spiro atoms. The molecule has 0 bridgehead atoms. The third-order valence-electron chi connectivity index (χ3n) is 6.40. The molecule has 5 nitrogen and oxygen atoms in total. The summed E-state index contributed by atoms with van der Waals surface area (Å²) in [5.41, 5.74) is 4.89. The van der Waals surface area contributed by atoms with Gasteiger partial charge in [0.15, 0.2) is 5.82 Å². The lowest BCUT2D eigenvalue weighted by molar-refractivity contribution is -0.186. The topological polar surface area (TPSA) is 62.5 Å². The number of alkyl halides is 6. The van der Waals surface area contributed by atoms with Crippen LogP contribution in [0.1, 0.15) is 28.8 Å². The second-order valence-electron chi connectivity index (χ2n) is 8.99. The van der Waals surface area contributed by atoms with Crippen molar-refractivity contribution in [3.8, 4) is 0 Å². The Balaban J connectivity index is 1.84. The van der Waals surface area contributed by atoms with Crippen molar-refractivity contribution in [1.82, 2.24) is 9.88 Å². The number of amides is 1. The van der Waals surface area contributed by atoms with Crippen molar-refractivity contribution in [2.24, 2.45) is 0 Å². The van der Waals surface area contributed by atoms with E-state index in [1.54, 1.807) is 18.2 Å². The van der Waals surface area contributed by atoms with Gasteiger partial charge in [0.1, 0.15) is 0 Å². The molecule has 2 aromatic carbocycles. The van der Waals surface area contributed by atoms with Crippen LogP contribution in [0, 0.1) is 5.82 Å². The lowest BCUT2D eigenvalue weighted by atomic mass is 10.0. The van der Waals surface area contributed by atoms with Gasteiger partial charge in [-0.05, 0) is 36.6 Å². The number of benzene rings is 2. The summed E-state index contributed by atoms with van der Waals surface area (Å²) in [5.74, 6) is -3.01. The Hall–Kier alpha value is -3.83. The fourth-order valence-electron chi connectivity index (χ4n) is 4.61. The Kier molecular flexibility index (Phi) is 7.52. The maximum Gasteiger partial charge on any atom is 0.471 e. The van der Waals surface area contributed by atoms with Crippen molar-refractivity contribution in [1.29, 1.82) is 0 Å². The molecule has 0 unspecified atom stereocenters. The van der Waals surface area contributed by atoms with Crippen molar-refractivity contribution >= 4 is 17.3 Å². The first-order valence-corrected chi connectivity index (χ1v) is 11.6. The third-order valence-corrected chi connectivity index (χ3v) is 6.40. The number of aryl methyl sites for hydroxylation is 1. The summed E-state index contributed by atoms with van der Waals surface area (Å²) in [6.45, 7) is -1.55. The van der Waals surface area contributed by atoms with Gasteiger partial charge in [0.05, 0.1) is 29.7 Å². The molecule has 2 N–H and O–H groups in total. The van der Waals surface area contributed by atoms with E-state index in [1.165, 1.54) is 17.0 Å². The number of pyridine rings is 1. The Bertz CT molecular complexity index is 1290. The van der Waals surface area contributed by atoms with Crippen LogP contribution in [0.5, 0.6) is 0 Å². The minimum Gasteiger partial charge on any atom is -0.396 e. The second-order valence-corrected chi connectivity index (χ2v) is 8.99. The van der Waals surface area contributed by atoms with Gasteiger partial charge in [-0.2, -0.15) is 26.3 Å². The van der Waals surface area contributed by atoms with Gasteiger partial charge in [-0.15, -0.1) is 0 Å². The molecule has 0 saturated heterocycles. The van der Waals surface area contributed by atoms with Crippen LogP contribution in [0.25, 0.3) is 0 Å². The number of aromatic nitrogens is 1. The van der Waals surface area contributed by atoms with E-state index in [2.05, 4.69) is 4.98 Å². The molecule has 1 amide bonds. The number of carbonyl (C=O) groups is 1. The number of halogens is 7. The molecule has 38 heavy (non-hydrogen) atoms. The summed E-state index contributed by atoms with van der Waals surface area (Å²) < 4.78 is 96.1. The summed E-state index contributed by atoms with van der Waals surface area (Å²) in [7, 11) is 0. The zero-order chi connectivity index (χ0) is 27.7. The van der Waals surface area contributed by atoms with Crippen LogP contribution in [0.4, 0.5) is 42.1 Å². The Morgan fingerprint density at radius 3 is 2.37 bits per heavy atom. The standard InChI is InChI=1S/C26H23F7N4O/c27-21-12-35-17(11-22(21)34)13-37-18(10-9-16-5-2-1-3-6-16)14-36(24(38)26(31,32)33)15-19-20(25(28,29)30)7-4-8-23(19)37/h1-8,11-12,18H,9-10,13-15H2,(H2,34,35)/t18-/m1/s1. The summed E-state index contributed by atoms with van der Waals surface area (Å²) in [6.07, 6.45) is -8.71. The van der Waals surface area contributed by atoms with Crippen LogP contribution < -0.4 is 10.6 Å². The van der Waals surface area contributed by atoms with Gasteiger partial charge in [-0.25, -0.2) is 4.39 Å². The summed E-state index contributed by atoms with van der Waals surface area (Å²) in [6, 6.07) is 12.7. The van der Waals surface area contributed by atoms with Crippen molar-refractivity contribution in [3.05, 3.63) is 89.0 Å². The largest absolute Gasteiger partial charge is 0.471 e. The average molecular weight is 540 g/mol. The minimum atomic E-state index is -5.28. The molecular weight excluding hydrogens is 517 g/mol. The van der Waals surface area contributed by atoms with Crippen molar-refractivity contribution in [3.63, 3.8) is 0 Å². The molecule has 0 radical (unpaired) electrons. The fraction of sp³-hybridized carbons (Fsp3) is 0.308. The highest BCUT2D eigenvalue weighted by molar-refractivity contribution is 5.82. The van der Waals surface area contributed by atoms with E-state index in [0.717, 1.165) is 23.9 Å². The first-order valence-electron chi connectivity index (χ1n) is 11.6. The number of carbonyl (C=O) groups excluding carboxylic acids is 1. The van der Waals surface area contributed by atoms with Crippen LogP contribution in [0.2, 0.25) is 0 Å². The molecule has 202 valence electrons. The van der Waals surface area contributed by atoms with Gasteiger partial charge in [0.2, 0.25) is 0 Å². The van der Waals surface area contributed by atoms with E-state index in [9.17, 15) is 35.5 Å². The predicted molar refractivity (Wildman–Crippen MR) is 126 cm³/mol. The van der Waals surface area contributed by atoms with Gasteiger partial charge in [-0.1, -0.05) is 36.4 Å². The zero-order valence-electron chi connectivity index (χ0n) is 19.9. The van der Waals surface area contributed by atoms with Gasteiger partial charge in [0, 0.05) is 30.4 Å². The molecule has 0 aliphatic carbocycles. The number of nitrogen functional groups attached to an aromatic ring is 1. The van der Waals surface area contributed by atoms with Gasteiger partial charge in [-0.3, -0.25) is 9.78 Å². The van der Waals surface area contributed by atoms with E-state index < -0.39 is 54.3 Å². The molecule has 2 heterocycles. The van der Waals surface area contributed by atoms with Crippen LogP contribution in [0.3, 0.4) is 0 Å². The molecule has 12 heteroatoms. The summed E-state index contributed by atoms with van der Waals surface area (Å²) in [5, 5.41) is 0. The van der Waals surface area contributed by atoms with Gasteiger partial charge in [0.25, 0.3) is 0 Å². The maximum atomic E-state index is 14.0. The highest BCUT2D eigenvalue weighted by Gasteiger charge is 2.46. The Labute approximate surface area is 213 Å². The third kappa shape index (κ3) is 6.00. The smallest absolute Gasteiger partial charge is 0.396 e. The highest BCUT2D eigenvalue weighted by atomic mass is 19.4. The monoisotopic (exact) mass is 540 g/mol. The first-order chi connectivity index (χ1) is 17.8. The van der Waals surface area contributed by atoms with E-state index >= 15 is 0 Å². The molecule has 1 aliphatic heterocycles.